The molecule has 0 aliphatic carbocycles. The number of rotatable bonds is 2. The van der Waals surface area contributed by atoms with Gasteiger partial charge in [0, 0.05) is 31.7 Å². The van der Waals surface area contributed by atoms with E-state index >= 15 is 0 Å². The molecule has 1 fully saturated rings. The van der Waals surface area contributed by atoms with Gasteiger partial charge in [-0.3, -0.25) is 9.48 Å². The Balaban J connectivity index is 2.20. The van der Waals surface area contributed by atoms with Gasteiger partial charge in [-0.15, -0.1) is 0 Å². The predicted octanol–water partition coefficient (Wildman–Crippen LogP) is 1.37. The van der Waals surface area contributed by atoms with Gasteiger partial charge in [0.2, 0.25) is 0 Å². The topological polar surface area (TPSA) is 56.2 Å². The molecule has 106 valence electrons. The van der Waals surface area contributed by atoms with Gasteiger partial charge in [0.05, 0.1) is 12.1 Å². The van der Waals surface area contributed by atoms with Crippen molar-refractivity contribution in [1.29, 1.82) is 0 Å². The van der Waals surface area contributed by atoms with E-state index in [2.05, 4.69) is 10.4 Å². The van der Waals surface area contributed by atoms with Gasteiger partial charge in [0.25, 0.3) is 0 Å². The molecule has 2 atom stereocenters. The van der Waals surface area contributed by atoms with E-state index in [0.29, 0.717) is 6.54 Å². The molecule has 1 aromatic heterocycles. The number of esters is 1. The Morgan fingerprint density at radius 3 is 2.68 bits per heavy atom. The molecule has 1 aromatic rings. The molecule has 2 rings (SSSR count). The van der Waals surface area contributed by atoms with Crippen LogP contribution in [-0.2, 0) is 16.6 Å². The van der Waals surface area contributed by atoms with Crippen LogP contribution in [-0.4, -0.2) is 34.4 Å². The first-order valence-corrected chi connectivity index (χ1v) is 6.71. The average molecular weight is 265 g/mol. The Hall–Kier alpha value is -1.36. The van der Waals surface area contributed by atoms with Crippen molar-refractivity contribution in [2.75, 3.05) is 13.1 Å². The fourth-order valence-electron chi connectivity index (χ4n) is 2.68. The van der Waals surface area contributed by atoms with Crippen LogP contribution in [0.4, 0.5) is 0 Å². The van der Waals surface area contributed by atoms with Crippen LogP contribution < -0.4 is 5.32 Å². The largest absolute Gasteiger partial charge is 0.460 e. The van der Waals surface area contributed by atoms with Gasteiger partial charge in [-0.1, -0.05) is 0 Å². The minimum atomic E-state index is -0.439. The molecule has 0 aromatic carbocycles. The molecule has 0 radical (unpaired) electrons. The monoisotopic (exact) mass is 265 g/mol. The number of nitrogens with one attached hydrogen (secondary N) is 1. The van der Waals surface area contributed by atoms with Crippen LogP contribution in [0.1, 0.15) is 37.9 Å². The van der Waals surface area contributed by atoms with Gasteiger partial charge in [0.1, 0.15) is 5.60 Å². The lowest BCUT2D eigenvalue weighted by molar-refractivity contribution is -0.159. The number of ether oxygens (including phenoxy) is 1. The summed E-state index contributed by atoms with van der Waals surface area (Å²) < 4.78 is 7.39. The number of hydrogen-bond acceptors (Lipinski definition) is 4. The number of carbonyl (C=O) groups excluding carboxylic acids is 1. The lowest BCUT2D eigenvalue weighted by Crippen LogP contribution is -2.32. The SMILES string of the molecule is Cc1cnn(C)c1C1CNCC1C(=O)OC(C)(C)C. The van der Waals surface area contributed by atoms with Crippen LogP contribution in [0.5, 0.6) is 0 Å². The minimum Gasteiger partial charge on any atom is -0.460 e. The molecule has 19 heavy (non-hydrogen) atoms. The van der Waals surface area contributed by atoms with Gasteiger partial charge in [-0.2, -0.15) is 5.10 Å². The summed E-state index contributed by atoms with van der Waals surface area (Å²) in [7, 11) is 1.92. The quantitative estimate of drug-likeness (QED) is 0.821. The Kier molecular flexibility index (Phi) is 3.67. The first kappa shape index (κ1) is 14.1. The molecule has 5 nitrogen and oxygen atoms in total. The third kappa shape index (κ3) is 2.97. The number of carbonyl (C=O) groups is 1. The third-order valence-electron chi connectivity index (χ3n) is 3.45. The van der Waals surface area contributed by atoms with E-state index in [1.54, 1.807) is 0 Å². The van der Waals surface area contributed by atoms with Crippen molar-refractivity contribution in [3.8, 4) is 0 Å². The van der Waals surface area contributed by atoms with E-state index in [1.807, 2.05) is 45.6 Å². The predicted molar refractivity (Wildman–Crippen MR) is 72.9 cm³/mol. The zero-order valence-electron chi connectivity index (χ0n) is 12.4. The van der Waals surface area contributed by atoms with Crippen LogP contribution in [0.2, 0.25) is 0 Å². The van der Waals surface area contributed by atoms with Gasteiger partial charge in [0.15, 0.2) is 0 Å². The van der Waals surface area contributed by atoms with Crippen molar-refractivity contribution < 1.29 is 9.53 Å². The zero-order chi connectivity index (χ0) is 14.2. The molecule has 1 aliphatic rings. The molecule has 1 aliphatic heterocycles. The number of hydrogen-bond donors (Lipinski definition) is 1. The highest BCUT2D eigenvalue weighted by molar-refractivity contribution is 5.75. The normalized spacial score (nSPS) is 23.6. The van der Waals surface area contributed by atoms with Crippen molar-refractivity contribution in [3.63, 3.8) is 0 Å². The van der Waals surface area contributed by atoms with Crippen LogP contribution in [0.15, 0.2) is 6.20 Å². The van der Waals surface area contributed by atoms with Gasteiger partial charge >= 0.3 is 5.97 Å². The highest BCUT2D eigenvalue weighted by atomic mass is 16.6. The van der Waals surface area contributed by atoms with Crippen molar-refractivity contribution in [2.45, 2.75) is 39.2 Å². The third-order valence-corrected chi connectivity index (χ3v) is 3.45. The smallest absolute Gasteiger partial charge is 0.311 e. The maximum Gasteiger partial charge on any atom is 0.311 e. The van der Waals surface area contributed by atoms with Crippen LogP contribution in [0, 0.1) is 12.8 Å². The van der Waals surface area contributed by atoms with Crippen LogP contribution >= 0.6 is 0 Å². The summed E-state index contributed by atoms with van der Waals surface area (Å²) in [5.41, 5.74) is 1.82. The molecule has 2 heterocycles. The summed E-state index contributed by atoms with van der Waals surface area (Å²) in [6, 6.07) is 0. The Morgan fingerprint density at radius 2 is 2.16 bits per heavy atom. The van der Waals surface area contributed by atoms with Crippen LogP contribution in [0.3, 0.4) is 0 Å². The van der Waals surface area contributed by atoms with E-state index < -0.39 is 5.60 Å². The molecule has 0 amide bonds. The number of aryl methyl sites for hydroxylation is 2. The zero-order valence-corrected chi connectivity index (χ0v) is 12.4. The highest BCUT2D eigenvalue weighted by Gasteiger charge is 2.38. The molecular weight excluding hydrogens is 242 g/mol. The maximum absolute atomic E-state index is 12.3. The van der Waals surface area contributed by atoms with E-state index in [4.69, 9.17) is 4.74 Å². The second kappa shape index (κ2) is 4.96. The minimum absolute atomic E-state index is 0.122. The molecular formula is C14H23N3O2. The molecule has 1 N–H and O–H groups in total. The molecule has 0 spiro atoms. The summed E-state index contributed by atoms with van der Waals surface area (Å²) >= 11 is 0. The summed E-state index contributed by atoms with van der Waals surface area (Å²) in [6.07, 6.45) is 1.85. The summed E-state index contributed by atoms with van der Waals surface area (Å²) in [6.45, 7) is 9.20. The second-order valence-electron chi connectivity index (χ2n) is 6.24. The van der Waals surface area contributed by atoms with Crippen molar-refractivity contribution >= 4 is 5.97 Å². The number of nitrogens with zero attached hydrogens (tertiary/aromatic N) is 2. The highest BCUT2D eigenvalue weighted by Crippen LogP contribution is 2.31. The lowest BCUT2D eigenvalue weighted by atomic mass is 9.91. The van der Waals surface area contributed by atoms with Gasteiger partial charge < -0.3 is 10.1 Å². The van der Waals surface area contributed by atoms with E-state index in [0.717, 1.165) is 17.8 Å². The molecule has 0 saturated carbocycles. The Morgan fingerprint density at radius 1 is 1.47 bits per heavy atom. The molecule has 1 saturated heterocycles. The van der Waals surface area contributed by atoms with E-state index in [9.17, 15) is 4.79 Å². The van der Waals surface area contributed by atoms with Crippen molar-refractivity contribution in [3.05, 3.63) is 17.5 Å². The van der Waals surface area contributed by atoms with Crippen molar-refractivity contribution in [2.24, 2.45) is 13.0 Å². The standard InChI is InChI=1S/C14H23N3O2/c1-9-6-16-17(5)12(9)10-7-15-8-11(10)13(18)19-14(2,3)4/h6,10-11,15H,7-8H2,1-5H3. The summed E-state index contributed by atoms with van der Waals surface area (Å²) in [5.74, 6) is -0.112. The second-order valence-corrected chi connectivity index (χ2v) is 6.24. The Labute approximate surface area is 114 Å². The lowest BCUT2D eigenvalue weighted by Gasteiger charge is -2.25. The summed E-state index contributed by atoms with van der Waals surface area (Å²) in [4.78, 5) is 12.3. The van der Waals surface area contributed by atoms with E-state index in [1.165, 1.54) is 0 Å². The molecule has 2 unspecified atom stereocenters. The Bertz CT molecular complexity index is 454. The summed E-state index contributed by atoms with van der Waals surface area (Å²) in [5, 5.41) is 7.56. The molecule has 0 bridgehead atoms. The number of aromatic nitrogens is 2. The van der Waals surface area contributed by atoms with Gasteiger partial charge in [-0.05, 0) is 33.3 Å². The van der Waals surface area contributed by atoms with Crippen molar-refractivity contribution in [1.82, 2.24) is 15.1 Å². The first-order chi connectivity index (χ1) is 8.79. The maximum atomic E-state index is 12.3. The first-order valence-electron chi connectivity index (χ1n) is 6.71. The average Bonchev–Trinajstić information content (AvgIpc) is 2.83. The van der Waals surface area contributed by atoms with Gasteiger partial charge in [-0.25, -0.2) is 0 Å². The fraction of sp³-hybridized carbons (Fsp3) is 0.714. The molecule has 5 heteroatoms. The van der Waals surface area contributed by atoms with Crippen LogP contribution in [0.25, 0.3) is 0 Å². The van der Waals surface area contributed by atoms with E-state index in [-0.39, 0.29) is 17.8 Å². The fourth-order valence-corrected chi connectivity index (χ4v) is 2.68.